The van der Waals surface area contributed by atoms with Crippen molar-refractivity contribution in [2.45, 2.75) is 26.3 Å². The van der Waals surface area contributed by atoms with Crippen molar-refractivity contribution in [2.75, 3.05) is 13.7 Å². The summed E-state index contributed by atoms with van der Waals surface area (Å²) in [6, 6.07) is 10.4. The van der Waals surface area contributed by atoms with Gasteiger partial charge in [0.15, 0.2) is 0 Å². The van der Waals surface area contributed by atoms with E-state index in [9.17, 15) is 0 Å². The predicted octanol–water partition coefficient (Wildman–Crippen LogP) is 3.35. The van der Waals surface area contributed by atoms with Crippen LogP contribution in [0.5, 0.6) is 5.75 Å². The number of methoxy groups -OCH3 is 1. The molecule has 0 saturated heterocycles. The Labute approximate surface area is 121 Å². The first-order valence-corrected chi connectivity index (χ1v) is 7.10. The van der Waals surface area contributed by atoms with Crippen LogP contribution in [0, 0.1) is 0 Å². The molecular formula is C17H22N2O. The van der Waals surface area contributed by atoms with Gasteiger partial charge in [0.2, 0.25) is 0 Å². The minimum Gasteiger partial charge on any atom is -0.496 e. The summed E-state index contributed by atoms with van der Waals surface area (Å²) in [7, 11) is 1.72. The largest absolute Gasteiger partial charge is 0.496 e. The molecule has 3 heteroatoms. The van der Waals surface area contributed by atoms with Crippen LogP contribution in [0.3, 0.4) is 0 Å². The quantitative estimate of drug-likeness (QED) is 0.874. The van der Waals surface area contributed by atoms with Crippen molar-refractivity contribution >= 4 is 0 Å². The molecule has 0 spiro atoms. The number of aromatic nitrogens is 1. The number of nitrogens with one attached hydrogen (secondary N) is 1. The van der Waals surface area contributed by atoms with Crippen LogP contribution in [0.2, 0.25) is 0 Å². The Morgan fingerprint density at radius 3 is 2.65 bits per heavy atom. The summed E-state index contributed by atoms with van der Waals surface area (Å²) in [4.78, 5) is 4.24. The van der Waals surface area contributed by atoms with Crippen LogP contribution in [-0.4, -0.2) is 18.6 Å². The van der Waals surface area contributed by atoms with Gasteiger partial charge in [-0.1, -0.05) is 32.0 Å². The van der Waals surface area contributed by atoms with Gasteiger partial charge in [-0.25, -0.2) is 0 Å². The maximum absolute atomic E-state index is 5.51. The Kier molecular flexibility index (Phi) is 5.13. The van der Waals surface area contributed by atoms with E-state index in [1.807, 2.05) is 24.5 Å². The van der Waals surface area contributed by atoms with Crippen molar-refractivity contribution in [3.63, 3.8) is 0 Å². The molecule has 0 amide bonds. The maximum Gasteiger partial charge on any atom is 0.123 e. The lowest BCUT2D eigenvalue weighted by Gasteiger charge is -2.23. The van der Waals surface area contributed by atoms with Crippen LogP contribution in [-0.2, 0) is 6.42 Å². The van der Waals surface area contributed by atoms with E-state index in [0.717, 1.165) is 24.3 Å². The fourth-order valence-electron chi connectivity index (χ4n) is 2.51. The molecule has 1 atom stereocenters. The lowest BCUT2D eigenvalue weighted by atomic mass is 9.94. The molecule has 2 aromatic rings. The molecule has 0 radical (unpaired) electrons. The average Bonchev–Trinajstić information content (AvgIpc) is 2.52. The number of benzene rings is 1. The number of pyridine rings is 1. The first-order chi connectivity index (χ1) is 9.81. The number of rotatable bonds is 6. The highest BCUT2D eigenvalue weighted by Gasteiger charge is 2.19. The molecule has 0 bridgehead atoms. The number of ether oxygens (including phenoxy) is 1. The Hall–Kier alpha value is -1.87. The van der Waals surface area contributed by atoms with E-state index >= 15 is 0 Å². The molecule has 1 aromatic carbocycles. The number of hydrogen-bond donors (Lipinski definition) is 1. The number of aryl methyl sites for hydroxylation is 1. The van der Waals surface area contributed by atoms with Crippen molar-refractivity contribution in [3.05, 3.63) is 59.4 Å². The predicted molar refractivity (Wildman–Crippen MR) is 82.1 cm³/mol. The number of nitrogens with zero attached hydrogens (tertiary/aromatic N) is 1. The highest BCUT2D eigenvalue weighted by Crippen LogP contribution is 2.31. The molecular weight excluding hydrogens is 248 g/mol. The maximum atomic E-state index is 5.51. The molecule has 1 N–H and O–H groups in total. The molecule has 2 rings (SSSR count). The van der Waals surface area contributed by atoms with E-state index in [4.69, 9.17) is 4.74 Å². The van der Waals surface area contributed by atoms with Crippen LogP contribution in [0.4, 0.5) is 0 Å². The molecule has 0 aliphatic carbocycles. The van der Waals surface area contributed by atoms with E-state index in [-0.39, 0.29) is 6.04 Å². The molecule has 0 aliphatic heterocycles. The van der Waals surface area contributed by atoms with Crippen molar-refractivity contribution in [2.24, 2.45) is 0 Å². The molecule has 1 aromatic heterocycles. The summed E-state index contributed by atoms with van der Waals surface area (Å²) in [5.41, 5.74) is 3.70. The second-order valence-electron chi connectivity index (χ2n) is 4.66. The smallest absolute Gasteiger partial charge is 0.123 e. The van der Waals surface area contributed by atoms with Crippen molar-refractivity contribution in [3.8, 4) is 5.75 Å². The lowest BCUT2D eigenvalue weighted by molar-refractivity contribution is 0.404. The van der Waals surface area contributed by atoms with Crippen molar-refractivity contribution < 1.29 is 4.74 Å². The summed E-state index contributed by atoms with van der Waals surface area (Å²) in [6.45, 7) is 5.18. The van der Waals surface area contributed by atoms with Crippen LogP contribution in [0.25, 0.3) is 0 Å². The normalized spacial score (nSPS) is 12.2. The Bertz CT molecular complexity index is 507. The summed E-state index contributed by atoms with van der Waals surface area (Å²) in [5, 5.41) is 3.56. The van der Waals surface area contributed by atoms with E-state index in [1.165, 1.54) is 11.1 Å². The van der Waals surface area contributed by atoms with E-state index in [0.29, 0.717) is 0 Å². The first kappa shape index (κ1) is 14.5. The van der Waals surface area contributed by atoms with Gasteiger partial charge in [-0.3, -0.25) is 4.98 Å². The second kappa shape index (κ2) is 7.06. The molecule has 3 nitrogen and oxygen atoms in total. The minimum absolute atomic E-state index is 0.133. The zero-order valence-corrected chi connectivity index (χ0v) is 12.4. The molecule has 0 aliphatic rings. The van der Waals surface area contributed by atoms with Gasteiger partial charge < -0.3 is 10.1 Å². The van der Waals surface area contributed by atoms with E-state index < -0.39 is 0 Å². The molecule has 1 heterocycles. The van der Waals surface area contributed by atoms with Crippen LogP contribution in [0.1, 0.15) is 36.6 Å². The fourth-order valence-corrected chi connectivity index (χ4v) is 2.51. The van der Waals surface area contributed by atoms with Gasteiger partial charge in [0.1, 0.15) is 5.75 Å². The number of hydrogen-bond acceptors (Lipinski definition) is 3. The Balaban J connectivity index is 2.50. The van der Waals surface area contributed by atoms with Crippen molar-refractivity contribution in [1.29, 1.82) is 0 Å². The Morgan fingerprint density at radius 2 is 1.95 bits per heavy atom. The number of para-hydroxylation sites is 1. The van der Waals surface area contributed by atoms with Gasteiger partial charge >= 0.3 is 0 Å². The van der Waals surface area contributed by atoms with E-state index in [2.05, 4.69) is 42.3 Å². The topological polar surface area (TPSA) is 34.2 Å². The molecule has 1 unspecified atom stereocenters. The third-order valence-electron chi connectivity index (χ3n) is 3.49. The average molecular weight is 270 g/mol. The first-order valence-electron chi connectivity index (χ1n) is 7.10. The summed E-state index contributed by atoms with van der Waals surface area (Å²) >= 11 is 0. The molecule has 0 saturated carbocycles. The summed E-state index contributed by atoms with van der Waals surface area (Å²) in [6.07, 6.45) is 4.78. The highest BCUT2D eigenvalue weighted by molar-refractivity contribution is 5.43. The van der Waals surface area contributed by atoms with Gasteiger partial charge in [-0.2, -0.15) is 0 Å². The summed E-state index contributed by atoms with van der Waals surface area (Å²) < 4.78 is 5.51. The zero-order valence-electron chi connectivity index (χ0n) is 12.4. The molecule has 20 heavy (non-hydrogen) atoms. The summed E-state index contributed by atoms with van der Waals surface area (Å²) in [5.74, 6) is 0.914. The van der Waals surface area contributed by atoms with Gasteiger partial charge in [-0.15, -0.1) is 0 Å². The van der Waals surface area contributed by atoms with Crippen molar-refractivity contribution in [1.82, 2.24) is 10.3 Å². The third-order valence-corrected chi connectivity index (χ3v) is 3.49. The van der Waals surface area contributed by atoms with Gasteiger partial charge in [0.25, 0.3) is 0 Å². The monoisotopic (exact) mass is 270 g/mol. The molecule has 106 valence electrons. The minimum atomic E-state index is 0.133. The van der Waals surface area contributed by atoms with Gasteiger partial charge in [0, 0.05) is 18.0 Å². The van der Waals surface area contributed by atoms with Crippen LogP contribution < -0.4 is 10.1 Å². The van der Waals surface area contributed by atoms with Gasteiger partial charge in [0.05, 0.1) is 13.2 Å². The van der Waals surface area contributed by atoms with E-state index in [1.54, 1.807) is 7.11 Å². The van der Waals surface area contributed by atoms with Crippen LogP contribution in [0.15, 0.2) is 42.7 Å². The highest BCUT2D eigenvalue weighted by atomic mass is 16.5. The second-order valence-corrected chi connectivity index (χ2v) is 4.66. The third kappa shape index (κ3) is 2.99. The fraction of sp³-hybridized carbons (Fsp3) is 0.353. The SMILES string of the molecule is CCNC(c1ccncc1CC)c1ccccc1OC. The van der Waals surface area contributed by atoms with Crippen LogP contribution >= 0.6 is 0 Å². The van der Waals surface area contributed by atoms with Gasteiger partial charge in [-0.05, 0) is 36.2 Å². The zero-order chi connectivity index (χ0) is 14.4. The lowest BCUT2D eigenvalue weighted by Crippen LogP contribution is -2.23. The Morgan fingerprint density at radius 1 is 1.15 bits per heavy atom. The standard InChI is InChI=1S/C17H22N2O/c1-4-13-12-18-11-10-14(13)17(19-5-2)15-8-6-7-9-16(15)20-3/h6-12,17,19H,4-5H2,1-3H3. The molecule has 0 fully saturated rings.